The first-order chi connectivity index (χ1) is 18.0. The molecular weight excluding hydrogens is 554 g/mol. The molecule has 1 amide bonds. The first kappa shape index (κ1) is 24.7. The van der Waals surface area contributed by atoms with Gasteiger partial charge in [-0.25, -0.2) is 0 Å². The molecule has 0 atom stereocenters. The number of thioether (sulfide) groups is 1. The van der Waals surface area contributed by atoms with Crippen molar-refractivity contribution in [1.29, 1.82) is 0 Å². The summed E-state index contributed by atoms with van der Waals surface area (Å²) in [6.45, 7) is 0.880. The van der Waals surface area contributed by atoms with Gasteiger partial charge in [0.1, 0.15) is 11.5 Å². The Morgan fingerprint density at radius 2 is 1.68 bits per heavy atom. The third-order valence-electron chi connectivity index (χ3n) is 5.64. The van der Waals surface area contributed by atoms with Crippen LogP contribution in [0.3, 0.4) is 0 Å². The number of hydrogen-bond acceptors (Lipinski definition) is 6. The predicted octanol–water partition coefficient (Wildman–Crippen LogP) is 7.29. The Hall–Kier alpha value is -3.95. The van der Waals surface area contributed by atoms with Gasteiger partial charge in [0.2, 0.25) is 0 Å². The van der Waals surface area contributed by atoms with E-state index in [1.54, 1.807) is 29.2 Å². The normalized spacial score (nSPS) is 15.6. The lowest BCUT2D eigenvalue weighted by Crippen LogP contribution is -2.28. The van der Waals surface area contributed by atoms with E-state index in [0.717, 1.165) is 11.1 Å². The number of rotatable bonds is 7. The molecule has 1 aliphatic rings. The van der Waals surface area contributed by atoms with Gasteiger partial charge in [0.25, 0.3) is 11.6 Å². The van der Waals surface area contributed by atoms with Gasteiger partial charge >= 0.3 is 0 Å². The topological polar surface area (TPSA) is 88.9 Å². The summed E-state index contributed by atoms with van der Waals surface area (Å²) in [6, 6.07) is 27.7. The average Bonchev–Trinajstić information content (AvgIpc) is 3.49. The van der Waals surface area contributed by atoms with Gasteiger partial charge < -0.3 is 4.42 Å². The molecule has 0 N–H and O–H groups in total. The first-order valence-corrected chi connectivity index (χ1v) is 13.0. The molecule has 7 nitrogen and oxygen atoms in total. The monoisotopic (exact) mass is 573 g/mol. The molecule has 184 valence electrons. The lowest BCUT2D eigenvalue weighted by atomic mass is 10.1. The van der Waals surface area contributed by atoms with Crippen molar-refractivity contribution < 1.29 is 14.1 Å². The van der Waals surface area contributed by atoms with Crippen LogP contribution < -0.4 is 0 Å². The van der Waals surface area contributed by atoms with Gasteiger partial charge in [-0.05, 0) is 57.0 Å². The Bertz CT molecular complexity index is 1520. The fourth-order valence-electron chi connectivity index (χ4n) is 3.80. The largest absolute Gasteiger partial charge is 0.457 e. The van der Waals surface area contributed by atoms with Crippen LogP contribution in [0.5, 0.6) is 0 Å². The molecule has 1 fully saturated rings. The number of aliphatic imine (C=N–C) groups is 1. The molecule has 5 rings (SSSR count). The quantitative estimate of drug-likeness (QED) is 0.131. The summed E-state index contributed by atoms with van der Waals surface area (Å²) in [7, 11) is 0. The number of furan rings is 1. The molecule has 0 radical (unpaired) electrons. The predicted molar refractivity (Wildman–Crippen MR) is 149 cm³/mol. The van der Waals surface area contributed by atoms with Crippen LogP contribution in [0.2, 0.25) is 0 Å². The van der Waals surface area contributed by atoms with Gasteiger partial charge in [-0.1, -0.05) is 60.7 Å². The number of nitro groups is 1. The highest BCUT2D eigenvalue weighted by molar-refractivity contribution is 9.10. The minimum Gasteiger partial charge on any atom is -0.457 e. The zero-order chi connectivity index (χ0) is 25.8. The molecule has 1 aromatic heterocycles. The number of nitrogens with zero attached hydrogens (tertiary/aromatic N) is 3. The lowest BCUT2D eigenvalue weighted by molar-refractivity contribution is -0.384. The van der Waals surface area contributed by atoms with Gasteiger partial charge in [0.15, 0.2) is 5.17 Å². The van der Waals surface area contributed by atoms with E-state index in [-0.39, 0.29) is 11.6 Å². The number of amidine groups is 1. The van der Waals surface area contributed by atoms with E-state index in [1.807, 2.05) is 60.7 Å². The van der Waals surface area contributed by atoms with E-state index in [9.17, 15) is 14.9 Å². The highest BCUT2D eigenvalue weighted by Gasteiger charge is 2.33. The number of halogens is 1. The number of hydrogen-bond donors (Lipinski definition) is 0. The minimum absolute atomic E-state index is 0.0155. The maximum Gasteiger partial charge on any atom is 0.270 e. The molecular formula is C28H20BrN3O4S. The summed E-state index contributed by atoms with van der Waals surface area (Å²) >= 11 is 4.70. The Labute approximate surface area is 225 Å². The highest BCUT2D eigenvalue weighted by atomic mass is 79.9. The molecule has 37 heavy (non-hydrogen) atoms. The summed E-state index contributed by atoms with van der Waals surface area (Å²) in [5.74, 6) is 0.887. The second-order valence-electron chi connectivity index (χ2n) is 8.20. The fraction of sp³-hybridized carbons (Fsp3) is 0.0714. The lowest BCUT2D eigenvalue weighted by Gasteiger charge is -2.15. The summed E-state index contributed by atoms with van der Waals surface area (Å²) in [4.78, 5) is 30.9. The zero-order valence-corrected chi connectivity index (χ0v) is 21.8. The van der Waals surface area contributed by atoms with Crippen molar-refractivity contribution >= 4 is 50.5 Å². The van der Waals surface area contributed by atoms with Crippen molar-refractivity contribution in [2.75, 3.05) is 0 Å². The van der Waals surface area contributed by atoms with Crippen molar-refractivity contribution in [2.24, 2.45) is 4.99 Å². The summed E-state index contributed by atoms with van der Waals surface area (Å²) in [6.07, 6.45) is 1.71. The smallest absolute Gasteiger partial charge is 0.270 e. The molecule has 0 bridgehead atoms. The van der Waals surface area contributed by atoms with Crippen LogP contribution >= 0.6 is 27.7 Å². The van der Waals surface area contributed by atoms with Gasteiger partial charge in [-0.15, -0.1) is 0 Å². The molecule has 3 aromatic carbocycles. The van der Waals surface area contributed by atoms with E-state index in [1.165, 1.54) is 23.9 Å². The molecule has 1 saturated heterocycles. The Morgan fingerprint density at radius 1 is 0.973 bits per heavy atom. The van der Waals surface area contributed by atoms with Gasteiger partial charge in [0.05, 0.1) is 22.9 Å². The van der Waals surface area contributed by atoms with Gasteiger partial charge in [-0.2, -0.15) is 0 Å². The van der Waals surface area contributed by atoms with Crippen LogP contribution in [-0.2, 0) is 17.9 Å². The van der Waals surface area contributed by atoms with Gasteiger partial charge in [-0.3, -0.25) is 24.8 Å². The summed E-state index contributed by atoms with van der Waals surface area (Å²) < 4.78 is 6.53. The third-order valence-corrected chi connectivity index (χ3v) is 7.34. The summed E-state index contributed by atoms with van der Waals surface area (Å²) in [5.41, 5.74) is 2.73. The van der Waals surface area contributed by atoms with Crippen LogP contribution in [0.4, 0.5) is 5.69 Å². The van der Waals surface area contributed by atoms with Crippen molar-refractivity contribution in [3.05, 3.63) is 127 Å². The summed E-state index contributed by atoms with van der Waals surface area (Å²) in [5, 5.41) is 11.7. The standard InChI is InChI=1S/C28H20BrN3O4S/c29-24-15-21(32(34)35)11-13-23(24)25-14-12-22(36-25)16-26-27(33)31(18-20-9-5-2-6-10-20)28(37-26)30-17-19-7-3-1-4-8-19/h1-16H,17-18H2/b26-16-,30-28?. The molecule has 2 heterocycles. The Kier molecular flexibility index (Phi) is 7.34. The van der Waals surface area contributed by atoms with Gasteiger partial charge in [0, 0.05) is 28.2 Å². The number of carbonyl (C=O) groups is 1. The highest BCUT2D eigenvalue weighted by Crippen LogP contribution is 2.36. The zero-order valence-electron chi connectivity index (χ0n) is 19.4. The van der Waals surface area contributed by atoms with E-state index in [0.29, 0.717) is 44.7 Å². The number of carbonyl (C=O) groups excluding carboxylic acids is 1. The number of benzene rings is 3. The van der Waals surface area contributed by atoms with Crippen LogP contribution in [0.15, 0.2) is 110 Å². The molecule has 0 spiro atoms. The maximum absolute atomic E-state index is 13.4. The first-order valence-electron chi connectivity index (χ1n) is 11.4. The molecule has 1 aliphatic heterocycles. The molecule has 0 unspecified atom stereocenters. The van der Waals surface area contributed by atoms with Crippen molar-refractivity contribution in [1.82, 2.24) is 4.90 Å². The molecule has 9 heteroatoms. The van der Waals surface area contributed by atoms with Crippen molar-refractivity contribution in [3.8, 4) is 11.3 Å². The third kappa shape index (κ3) is 5.73. The second kappa shape index (κ2) is 11.0. The Balaban J connectivity index is 1.42. The minimum atomic E-state index is -0.451. The SMILES string of the molecule is O=C1/C(=C/c2ccc(-c3ccc([N+](=O)[O-])cc3Br)o2)SC(=NCc2ccccc2)N1Cc1ccccc1. The molecule has 4 aromatic rings. The molecule has 0 aliphatic carbocycles. The van der Waals surface area contributed by atoms with E-state index >= 15 is 0 Å². The maximum atomic E-state index is 13.4. The van der Waals surface area contributed by atoms with E-state index < -0.39 is 4.92 Å². The number of non-ortho nitro benzene ring substituents is 1. The average molecular weight is 574 g/mol. The number of nitro benzene ring substituents is 1. The fourth-order valence-corrected chi connectivity index (χ4v) is 5.31. The van der Waals surface area contributed by atoms with Crippen LogP contribution in [-0.4, -0.2) is 20.9 Å². The van der Waals surface area contributed by atoms with Crippen LogP contribution in [0.1, 0.15) is 16.9 Å². The van der Waals surface area contributed by atoms with Crippen LogP contribution in [0, 0.1) is 10.1 Å². The second-order valence-corrected chi connectivity index (χ2v) is 10.1. The van der Waals surface area contributed by atoms with Crippen molar-refractivity contribution in [3.63, 3.8) is 0 Å². The van der Waals surface area contributed by atoms with Crippen molar-refractivity contribution in [2.45, 2.75) is 13.1 Å². The number of amides is 1. The van der Waals surface area contributed by atoms with Crippen LogP contribution in [0.25, 0.3) is 17.4 Å². The van der Waals surface area contributed by atoms with E-state index in [2.05, 4.69) is 15.9 Å². The van der Waals surface area contributed by atoms with E-state index in [4.69, 9.17) is 9.41 Å². The molecule has 0 saturated carbocycles. The Morgan fingerprint density at radius 3 is 2.35 bits per heavy atom.